The van der Waals surface area contributed by atoms with Gasteiger partial charge in [-0.15, -0.1) is 11.8 Å². The van der Waals surface area contributed by atoms with Crippen LogP contribution in [-0.2, 0) is 14.8 Å². The Kier molecular flexibility index (Phi) is 6.00. The van der Waals surface area contributed by atoms with Crippen molar-refractivity contribution in [3.8, 4) is 0 Å². The number of anilines is 1. The standard InChI is InChI=1S/C14H21FN2O3S2/c1-14(2,3)21-9-13(18)16-12-8-10(6-7-11(12)15)22(19,20)17(4)5/h6-8H,9H2,1-5H3,(H,16,18). The smallest absolute Gasteiger partial charge is 0.242 e. The molecule has 0 aliphatic heterocycles. The number of halogens is 1. The molecule has 0 aromatic heterocycles. The Bertz CT molecular complexity index is 653. The molecule has 1 rings (SSSR count). The Morgan fingerprint density at radius 2 is 1.91 bits per heavy atom. The summed E-state index contributed by atoms with van der Waals surface area (Å²) in [6.45, 7) is 5.90. The molecule has 0 unspecified atom stereocenters. The highest BCUT2D eigenvalue weighted by Gasteiger charge is 2.20. The summed E-state index contributed by atoms with van der Waals surface area (Å²) in [5.41, 5.74) is -0.137. The molecule has 22 heavy (non-hydrogen) atoms. The molecule has 124 valence electrons. The van der Waals surface area contributed by atoms with Gasteiger partial charge in [0.1, 0.15) is 5.82 Å². The van der Waals surface area contributed by atoms with Crippen LogP contribution in [0.5, 0.6) is 0 Å². The minimum Gasteiger partial charge on any atom is -0.323 e. The van der Waals surface area contributed by atoms with Gasteiger partial charge in [-0.1, -0.05) is 20.8 Å². The van der Waals surface area contributed by atoms with Crippen LogP contribution in [0.4, 0.5) is 10.1 Å². The summed E-state index contributed by atoms with van der Waals surface area (Å²) in [4.78, 5) is 11.8. The van der Waals surface area contributed by atoms with Gasteiger partial charge >= 0.3 is 0 Å². The van der Waals surface area contributed by atoms with Crippen LogP contribution in [-0.4, -0.2) is 43.2 Å². The predicted octanol–water partition coefficient (Wildman–Crippen LogP) is 2.55. The third kappa shape index (κ3) is 5.26. The molecule has 0 heterocycles. The molecular weight excluding hydrogens is 327 g/mol. The van der Waals surface area contributed by atoms with Crippen molar-refractivity contribution < 1.29 is 17.6 Å². The van der Waals surface area contributed by atoms with Crippen molar-refractivity contribution in [1.82, 2.24) is 4.31 Å². The van der Waals surface area contributed by atoms with Gasteiger partial charge in [0.05, 0.1) is 16.3 Å². The van der Waals surface area contributed by atoms with E-state index in [-0.39, 0.29) is 27.0 Å². The maximum Gasteiger partial charge on any atom is 0.242 e. The monoisotopic (exact) mass is 348 g/mol. The van der Waals surface area contributed by atoms with Crippen molar-refractivity contribution in [3.05, 3.63) is 24.0 Å². The third-order valence-corrected chi connectivity index (χ3v) is 5.71. The molecule has 0 radical (unpaired) electrons. The molecule has 0 atom stereocenters. The van der Waals surface area contributed by atoms with E-state index in [1.165, 1.54) is 31.9 Å². The van der Waals surface area contributed by atoms with E-state index in [0.29, 0.717) is 0 Å². The average Bonchev–Trinajstić information content (AvgIpc) is 2.37. The highest BCUT2D eigenvalue weighted by Crippen LogP contribution is 2.24. The van der Waals surface area contributed by atoms with Crippen LogP contribution in [0.1, 0.15) is 20.8 Å². The van der Waals surface area contributed by atoms with Gasteiger partial charge in [0.25, 0.3) is 0 Å². The minimum atomic E-state index is -3.68. The quantitative estimate of drug-likeness (QED) is 0.888. The summed E-state index contributed by atoms with van der Waals surface area (Å²) in [6.07, 6.45) is 0. The summed E-state index contributed by atoms with van der Waals surface area (Å²) in [6, 6.07) is 3.33. The molecule has 5 nitrogen and oxygen atoms in total. The molecule has 0 aliphatic carbocycles. The van der Waals surface area contributed by atoms with Crippen LogP contribution in [0, 0.1) is 5.82 Å². The maximum atomic E-state index is 13.8. The lowest BCUT2D eigenvalue weighted by molar-refractivity contribution is -0.113. The van der Waals surface area contributed by atoms with Crippen LogP contribution in [0.15, 0.2) is 23.1 Å². The van der Waals surface area contributed by atoms with Crippen LogP contribution < -0.4 is 5.32 Å². The van der Waals surface area contributed by atoms with Crippen molar-refractivity contribution in [2.45, 2.75) is 30.4 Å². The Labute approximate surface area is 135 Å². The van der Waals surface area contributed by atoms with Gasteiger partial charge in [-0.2, -0.15) is 0 Å². The van der Waals surface area contributed by atoms with E-state index >= 15 is 0 Å². The number of carbonyl (C=O) groups is 1. The average molecular weight is 348 g/mol. The number of benzene rings is 1. The highest BCUT2D eigenvalue weighted by molar-refractivity contribution is 8.01. The second kappa shape index (κ2) is 6.97. The minimum absolute atomic E-state index is 0.0716. The van der Waals surface area contributed by atoms with Crippen molar-refractivity contribution in [2.75, 3.05) is 25.2 Å². The summed E-state index contributed by atoms with van der Waals surface area (Å²) >= 11 is 1.42. The fourth-order valence-electron chi connectivity index (χ4n) is 1.44. The second-order valence-corrected chi connectivity index (χ2v) is 9.83. The number of thioether (sulfide) groups is 1. The van der Waals surface area contributed by atoms with Gasteiger partial charge < -0.3 is 5.32 Å². The summed E-state index contributed by atoms with van der Waals surface area (Å²) in [7, 11) is -0.906. The zero-order valence-electron chi connectivity index (χ0n) is 13.3. The first-order chi connectivity index (χ1) is 9.93. The molecule has 1 amide bonds. The normalized spacial score (nSPS) is 12.5. The second-order valence-electron chi connectivity index (χ2n) is 5.88. The number of rotatable bonds is 5. The SMILES string of the molecule is CN(C)S(=O)(=O)c1ccc(F)c(NC(=O)CSC(C)(C)C)c1. The number of nitrogens with one attached hydrogen (secondary N) is 1. The van der Waals surface area contributed by atoms with E-state index in [0.717, 1.165) is 16.4 Å². The van der Waals surface area contributed by atoms with E-state index in [9.17, 15) is 17.6 Å². The van der Waals surface area contributed by atoms with Crippen LogP contribution >= 0.6 is 11.8 Å². The molecule has 0 fully saturated rings. The largest absolute Gasteiger partial charge is 0.323 e. The first-order valence-electron chi connectivity index (χ1n) is 6.59. The fraction of sp³-hybridized carbons (Fsp3) is 0.500. The fourth-order valence-corrected chi connectivity index (χ4v) is 3.00. The van der Waals surface area contributed by atoms with Gasteiger partial charge in [-0.25, -0.2) is 17.1 Å². The summed E-state index contributed by atoms with van der Waals surface area (Å²) < 4.78 is 38.8. The molecule has 1 aromatic rings. The predicted molar refractivity (Wildman–Crippen MR) is 88.1 cm³/mol. The Hall–Kier alpha value is -1.12. The van der Waals surface area contributed by atoms with E-state index < -0.39 is 15.8 Å². The molecular formula is C14H21FN2O3S2. The molecule has 0 saturated carbocycles. The lowest BCUT2D eigenvalue weighted by Crippen LogP contribution is -2.23. The Morgan fingerprint density at radius 1 is 1.32 bits per heavy atom. The molecule has 0 aliphatic rings. The van der Waals surface area contributed by atoms with Crippen LogP contribution in [0.25, 0.3) is 0 Å². The van der Waals surface area contributed by atoms with Crippen molar-refractivity contribution in [2.24, 2.45) is 0 Å². The topological polar surface area (TPSA) is 66.5 Å². The van der Waals surface area contributed by atoms with Crippen molar-refractivity contribution >= 4 is 33.4 Å². The molecule has 0 bridgehead atoms. The van der Waals surface area contributed by atoms with Gasteiger partial charge in [-0.05, 0) is 18.2 Å². The van der Waals surface area contributed by atoms with E-state index in [2.05, 4.69) is 5.32 Å². The Balaban J connectivity index is 2.95. The number of nitrogens with zero attached hydrogens (tertiary/aromatic N) is 1. The lowest BCUT2D eigenvalue weighted by Gasteiger charge is -2.17. The number of carbonyl (C=O) groups excluding carboxylic acids is 1. The Morgan fingerprint density at radius 3 is 2.41 bits per heavy atom. The van der Waals surface area contributed by atoms with E-state index in [1.807, 2.05) is 20.8 Å². The van der Waals surface area contributed by atoms with Crippen LogP contribution in [0.3, 0.4) is 0 Å². The molecule has 0 saturated heterocycles. The van der Waals surface area contributed by atoms with Gasteiger partial charge in [-0.3, -0.25) is 4.79 Å². The van der Waals surface area contributed by atoms with Crippen molar-refractivity contribution in [3.63, 3.8) is 0 Å². The third-order valence-electron chi connectivity index (χ3n) is 2.63. The maximum absolute atomic E-state index is 13.8. The highest BCUT2D eigenvalue weighted by atomic mass is 32.2. The zero-order valence-corrected chi connectivity index (χ0v) is 14.9. The van der Waals surface area contributed by atoms with Gasteiger partial charge in [0.2, 0.25) is 15.9 Å². The summed E-state index contributed by atoms with van der Waals surface area (Å²) in [5.74, 6) is -0.891. The lowest BCUT2D eigenvalue weighted by atomic mass is 10.3. The zero-order chi connectivity index (χ0) is 17.1. The first-order valence-corrected chi connectivity index (χ1v) is 9.02. The van der Waals surface area contributed by atoms with E-state index in [1.54, 1.807) is 0 Å². The molecule has 1 N–H and O–H groups in total. The van der Waals surface area contributed by atoms with Crippen molar-refractivity contribution in [1.29, 1.82) is 0 Å². The van der Waals surface area contributed by atoms with E-state index in [4.69, 9.17) is 0 Å². The number of sulfonamides is 1. The van der Waals surface area contributed by atoms with Crippen LogP contribution in [0.2, 0.25) is 0 Å². The molecule has 0 spiro atoms. The number of hydrogen-bond acceptors (Lipinski definition) is 4. The first kappa shape index (κ1) is 18.9. The molecule has 8 heteroatoms. The summed E-state index contributed by atoms with van der Waals surface area (Å²) in [5, 5.41) is 2.42. The number of hydrogen-bond donors (Lipinski definition) is 1. The molecule has 1 aromatic carbocycles. The number of amides is 1. The van der Waals surface area contributed by atoms with Gasteiger partial charge in [0, 0.05) is 18.8 Å². The van der Waals surface area contributed by atoms with Gasteiger partial charge in [0.15, 0.2) is 0 Å².